The highest BCUT2D eigenvalue weighted by Gasteiger charge is 2.26. The highest BCUT2D eigenvalue weighted by atomic mass is 15.3. The predicted octanol–water partition coefficient (Wildman–Crippen LogP) is 3.41. The van der Waals surface area contributed by atoms with Gasteiger partial charge in [-0.05, 0) is 30.6 Å². The van der Waals surface area contributed by atoms with Crippen LogP contribution in [0.2, 0.25) is 0 Å². The summed E-state index contributed by atoms with van der Waals surface area (Å²) in [7, 11) is 0. The fourth-order valence-corrected chi connectivity index (χ4v) is 3.64. The van der Waals surface area contributed by atoms with Crippen LogP contribution in [0.3, 0.4) is 0 Å². The Balaban J connectivity index is 1.85. The van der Waals surface area contributed by atoms with Crippen LogP contribution in [0, 0.1) is 17.8 Å². The molecule has 21 heavy (non-hydrogen) atoms. The molecule has 1 atom stereocenters. The van der Waals surface area contributed by atoms with Gasteiger partial charge >= 0.3 is 0 Å². The zero-order valence-corrected chi connectivity index (χ0v) is 14.0. The standard InChI is InChI=1S/C17H32N4/c1-4-5-14-6-8-15(9-7-14)16(18)10-17-19-12-20-21(17)11-13(2)3/h12-16H,4-11,18H2,1-3H3. The molecule has 1 aromatic heterocycles. The van der Waals surface area contributed by atoms with Crippen molar-refractivity contribution in [2.45, 2.75) is 78.3 Å². The first kappa shape index (κ1) is 16.5. The second-order valence-electron chi connectivity index (χ2n) is 7.19. The fourth-order valence-electron chi connectivity index (χ4n) is 3.64. The molecule has 0 radical (unpaired) electrons. The molecule has 1 aromatic rings. The molecule has 1 saturated carbocycles. The largest absolute Gasteiger partial charge is 0.327 e. The third-order valence-corrected chi connectivity index (χ3v) is 4.85. The van der Waals surface area contributed by atoms with Crippen LogP contribution in [0.5, 0.6) is 0 Å². The van der Waals surface area contributed by atoms with Crippen molar-refractivity contribution in [2.24, 2.45) is 23.5 Å². The highest BCUT2D eigenvalue weighted by molar-refractivity contribution is 4.92. The van der Waals surface area contributed by atoms with Crippen molar-refractivity contribution in [3.63, 3.8) is 0 Å². The summed E-state index contributed by atoms with van der Waals surface area (Å²) in [6, 6.07) is 0.239. The van der Waals surface area contributed by atoms with Crippen LogP contribution in [0.1, 0.15) is 65.1 Å². The molecule has 1 aliphatic rings. The molecular formula is C17H32N4. The second-order valence-corrected chi connectivity index (χ2v) is 7.19. The normalized spacial score (nSPS) is 24.4. The molecule has 1 heterocycles. The average molecular weight is 292 g/mol. The van der Waals surface area contributed by atoms with E-state index in [1.165, 1.54) is 38.5 Å². The van der Waals surface area contributed by atoms with Crippen LogP contribution >= 0.6 is 0 Å². The van der Waals surface area contributed by atoms with Crippen molar-refractivity contribution in [2.75, 3.05) is 0 Å². The molecule has 0 amide bonds. The Kier molecular flexibility index (Phi) is 6.22. The van der Waals surface area contributed by atoms with Gasteiger partial charge in [0.15, 0.2) is 0 Å². The summed E-state index contributed by atoms with van der Waals surface area (Å²) in [6.07, 6.45) is 10.6. The van der Waals surface area contributed by atoms with Crippen molar-refractivity contribution in [3.05, 3.63) is 12.2 Å². The molecule has 0 aromatic carbocycles. The second kappa shape index (κ2) is 7.92. The molecule has 1 fully saturated rings. The van der Waals surface area contributed by atoms with E-state index in [4.69, 9.17) is 5.73 Å². The first-order valence-corrected chi connectivity index (χ1v) is 8.72. The Morgan fingerprint density at radius 3 is 2.62 bits per heavy atom. The molecule has 0 saturated heterocycles. The summed E-state index contributed by atoms with van der Waals surface area (Å²) in [5.74, 6) is 3.27. The van der Waals surface area contributed by atoms with Crippen LogP contribution in [-0.4, -0.2) is 20.8 Å². The van der Waals surface area contributed by atoms with Gasteiger partial charge in [0.2, 0.25) is 0 Å². The number of rotatable bonds is 7. The van der Waals surface area contributed by atoms with Crippen molar-refractivity contribution >= 4 is 0 Å². The van der Waals surface area contributed by atoms with Crippen molar-refractivity contribution in [1.29, 1.82) is 0 Å². The van der Waals surface area contributed by atoms with E-state index in [0.717, 1.165) is 24.7 Å². The zero-order chi connectivity index (χ0) is 15.2. The molecule has 1 aliphatic carbocycles. The van der Waals surface area contributed by atoms with Crippen LogP contribution in [-0.2, 0) is 13.0 Å². The lowest BCUT2D eigenvalue weighted by molar-refractivity contribution is 0.230. The van der Waals surface area contributed by atoms with Crippen molar-refractivity contribution in [3.8, 4) is 0 Å². The summed E-state index contributed by atoms with van der Waals surface area (Å²) in [5, 5.41) is 4.34. The van der Waals surface area contributed by atoms with E-state index >= 15 is 0 Å². The molecule has 4 nitrogen and oxygen atoms in total. The third kappa shape index (κ3) is 4.80. The molecule has 1 unspecified atom stereocenters. The number of hydrogen-bond acceptors (Lipinski definition) is 3. The van der Waals surface area contributed by atoms with Gasteiger partial charge in [0, 0.05) is 19.0 Å². The van der Waals surface area contributed by atoms with E-state index in [1.807, 2.05) is 4.68 Å². The summed E-state index contributed by atoms with van der Waals surface area (Å²) in [4.78, 5) is 4.42. The molecule has 2 rings (SSSR count). The van der Waals surface area contributed by atoms with Gasteiger partial charge < -0.3 is 5.73 Å². The number of hydrogen-bond donors (Lipinski definition) is 1. The Morgan fingerprint density at radius 1 is 1.29 bits per heavy atom. The summed E-state index contributed by atoms with van der Waals surface area (Å²) in [5.41, 5.74) is 6.48. The van der Waals surface area contributed by atoms with Gasteiger partial charge in [-0.15, -0.1) is 0 Å². The maximum absolute atomic E-state index is 6.48. The van der Waals surface area contributed by atoms with Gasteiger partial charge in [0.1, 0.15) is 12.2 Å². The van der Waals surface area contributed by atoms with Crippen LogP contribution in [0.15, 0.2) is 6.33 Å². The van der Waals surface area contributed by atoms with Gasteiger partial charge in [-0.25, -0.2) is 9.67 Å². The highest BCUT2D eigenvalue weighted by Crippen LogP contribution is 2.33. The number of nitrogens with two attached hydrogens (primary N) is 1. The molecular weight excluding hydrogens is 260 g/mol. The first-order chi connectivity index (χ1) is 10.1. The summed E-state index contributed by atoms with van der Waals surface area (Å²) in [6.45, 7) is 7.64. The van der Waals surface area contributed by atoms with Crippen molar-refractivity contribution in [1.82, 2.24) is 14.8 Å². The Bertz CT molecular complexity index is 405. The Morgan fingerprint density at radius 2 is 2.00 bits per heavy atom. The predicted molar refractivity (Wildman–Crippen MR) is 86.9 cm³/mol. The number of nitrogens with zero attached hydrogens (tertiary/aromatic N) is 3. The van der Waals surface area contributed by atoms with Gasteiger partial charge in [0.05, 0.1) is 0 Å². The SMILES string of the molecule is CCCC1CCC(C(N)Cc2ncnn2CC(C)C)CC1. The smallest absolute Gasteiger partial charge is 0.138 e. The quantitative estimate of drug-likeness (QED) is 0.838. The fraction of sp³-hybridized carbons (Fsp3) is 0.882. The summed E-state index contributed by atoms with van der Waals surface area (Å²) >= 11 is 0. The van der Waals surface area contributed by atoms with Gasteiger partial charge in [-0.3, -0.25) is 0 Å². The van der Waals surface area contributed by atoms with E-state index in [9.17, 15) is 0 Å². The molecule has 0 bridgehead atoms. The molecule has 120 valence electrons. The minimum Gasteiger partial charge on any atom is -0.327 e. The molecule has 2 N–H and O–H groups in total. The van der Waals surface area contributed by atoms with Crippen molar-refractivity contribution < 1.29 is 0 Å². The molecule has 0 aliphatic heterocycles. The minimum atomic E-state index is 0.239. The molecule has 4 heteroatoms. The van der Waals surface area contributed by atoms with E-state index in [1.54, 1.807) is 6.33 Å². The third-order valence-electron chi connectivity index (χ3n) is 4.85. The van der Waals surface area contributed by atoms with Gasteiger partial charge in [-0.1, -0.05) is 46.5 Å². The maximum Gasteiger partial charge on any atom is 0.138 e. The summed E-state index contributed by atoms with van der Waals surface area (Å²) < 4.78 is 2.03. The van der Waals surface area contributed by atoms with E-state index in [2.05, 4.69) is 30.9 Å². The number of aromatic nitrogens is 3. The zero-order valence-electron chi connectivity index (χ0n) is 14.0. The monoisotopic (exact) mass is 292 g/mol. The average Bonchev–Trinajstić information content (AvgIpc) is 2.86. The van der Waals surface area contributed by atoms with Crippen LogP contribution in [0.4, 0.5) is 0 Å². The van der Waals surface area contributed by atoms with Gasteiger partial charge in [-0.2, -0.15) is 5.10 Å². The Hall–Kier alpha value is -0.900. The van der Waals surface area contributed by atoms with E-state index in [0.29, 0.717) is 11.8 Å². The lowest BCUT2D eigenvalue weighted by Crippen LogP contribution is -2.36. The minimum absolute atomic E-state index is 0.239. The van der Waals surface area contributed by atoms with E-state index < -0.39 is 0 Å². The lowest BCUT2D eigenvalue weighted by Gasteiger charge is -2.32. The van der Waals surface area contributed by atoms with E-state index in [-0.39, 0.29) is 6.04 Å². The topological polar surface area (TPSA) is 56.7 Å². The first-order valence-electron chi connectivity index (χ1n) is 8.72. The maximum atomic E-state index is 6.48. The van der Waals surface area contributed by atoms with Crippen LogP contribution < -0.4 is 5.73 Å². The van der Waals surface area contributed by atoms with Crippen LogP contribution in [0.25, 0.3) is 0 Å². The van der Waals surface area contributed by atoms with Gasteiger partial charge in [0.25, 0.3) is 0 Å². The lowest BCUT2D eigenvalue weighted by atomic mass is 9.76. The molecule has 0 spiro atoms. The Labute approximate surface area is 129 Å².